The summed E-state index contributed by atoms with van der Waals surface area (Å²) in [5.74, 6) is 2.35. The van der Waals surface area contributed by atoms with E-state index in [0.717, 1.165) is 22.8 Å². The second-order valence-corrected chi connectivity index (χ2v) is 4.17. The quantitative estimate of drug-likeness (QED) is 0.789. The fourth-order valence-electron chi connectivity index (χ4n) is 1.68. The van der Waals surface area contributed by atoms with Crippen molar-refractivity contribution in [2.45, 2.75) is 6.61 Å². The third-order valence-corrected chi connectivity index (χ3v) is 2.79. The van der Waals surface area contributed by atoms with Gasteiger partial charge in [0.25, 0.3) is 0 Å². The van der Waals surface area contributed by atoms with Crippen molar-refractivity contribution in [3.05, 3.63) is 54.1 Å². The first-order valence-corrected chi connectivity index (χ1v) is 6.41. The van der Waals surface area contributed by atoms with Crippen LogP contribution in [0.5, 0.6) is 17.2 Å². The molecule has 1 N–H and O–H groups in total. The number of rotatable bonds is 7. The molecule has 2 rings (SSSR count). The number of aliphatic hydroxyl groups is 1. The molecule has 2 aromatic carbocycles. The maximum absolute atomic E-state index is 8.94. The van der Waals surface area contributed by atoms with E-state index in [-0.39, 0.29) is 6.61 Å². The number of hydrogen-bond acceptors (Lipinski definition) is 4. The van der Waals surface area contributed by atoms with Crippen LogP contribution in [0.1, 0.15) is 5.56 Å². The monoisotopic (exact) mass is 274 g/mol. The second kappa shape index (κ2) is 7.40. The van der Waals surface area contributed by atoms with Crippen LogP contribution in [0, 0.1) is 0 Å². The molecule has 4 heteroatoms. The minimum absolute atomic E-state index is 0.0425. The lowest BCUT2D eigenvalue weighted by molar-refractivity contribution is 0.217. The van der Waals surface area contributed by atoms with Gasteiger partial charge in [-0.1, -0.05) is 12.1 Å². The van der Waals surface area contributed by atoms with E-state index < -0.39 is 0 Å². The van der Waals surface area contributed by atoms with Crippen molar-refractivity contribution in [2.24, 2.45) is 0 Å². The Morgan fingerprint density at radius 2 is 1.20 bits per heavy atom. The van der Waals surface area contributed by atoms with Gasteiger partial charge in [-0.25, -0.2) is 0 Å². The van der Waals surface area contributed by atoms with Gasteiger partial charge in [-0.05, 0) is 42.0 Å². The molecule has 4 nitrogen and oxygen atoms in total. The molecule has 0 unspecified atom stereocenters. The number of benzene rings is 2. The van der Waals surface area contributed by atoms with E-state index in [4.69, 9.17) is 19.3 Å². The Morgan fingerprint density at radius 3 is 1.65 bits per heavy atom. The van der Waals surface area contributed by atoms with Crippen molar-refractivity contribution in [2.75, 3.05) is 20.3 Å². The molecule has 0 amide bonds. The number of ether oxygens (including phenoxy) is 3. The van der Waals surface area contributed by atoms with Crippen molar-refractivity contribution in [1.82, 2.24) is 0 Å². The predicted molar refractivity (Wildman–Crippen MR) is 76.3 cm³/mol. The molecule has 0 aliphatic heterocycles. The van der Waals surface area contributed by atoms with E-state index in [1.165, 1.54) is 0 Å². The van der Waals surface area contributed by atoms with Gasteiger partial charge in [0.15, 0.2) is 0 Å². The summed E-state index contributed by atoms with van der Waals surface area (Å²) < 4.78 is 16.2. The van der Waals surface area contributed by atoms with Gasteiger partial charge >= 0.3 is 0 Å². The first-order chi connectivity index (χ1) is 9.81. The van der Waals surface area contributed by atoms with Gasteiger partial charge in [-0.15, -0.1) is 0 Å². The van der Waals surface area contributed by atoms with Crippen LogP contribution in [0.2, 0.25) is 0 Å². The molecule has 0 aromatic heterocycles. The number of aliphatic hydroxyl groups excluding tert-OH is 1. The zero-order valence-corrected chi connectivity index (χ0v) is 11.4. The third-order valence-electron chi connectivity index (χ3n) is 2.79. The molecule has 0 aliphatic carbocycles. The maximum Gasteiger partial charge on any atom is 0.122 e. The molecule has 0 bridgehead atoms. The van der Waals surface area contributed by atoms with Crippen molar-refractivity contribution >= 4 is 0 Å². The minimum Gasteiger partial charge on any atom is -0.497 e. The van der Waals surface area contributed by atoms with Gasteiger partial charge in [-0.3, -0.25) is 0 Å². The Hall–Kier alpha value is -2.20. The number of methoxy groups -OCH3 is 1. The summed E-state index contributed by atoms with van der Waals surface area (Å²) in [4.78, 5) is 0. The van der Waals surface area contributed by atoms with Crippen LogP contribution in [0.3, 0.4) is 0 Å². The van der Waals surface area contributed by atoms with Crippen molar-refractivity contribution in [1.29, 1.82) is 0 Å². The largest absolute Gasteiger partial charge is 0.497 e. The Morgan fingerprint density at radius 1 is 0.750 bits per heavy atom. The molecule has 0 atom stereocenters. The van der Waals surface area contributed by atoms with Crippen LogP contribution in [0.15, 0.2) is 48.5 Å². The standard InChI is InChI=1S/C16H18O4/c1-18-14-6-8-16(9-7-14)20-11-10-19-15-4-2-13(12-17)3-5-15/h2-9,17H,10-12H2,1H3. The normalized spacial score (nSPS) is 10.1. The lowest BCUT2D eigenvalue weighted by Crippen LogP contribution is -2.08. The molecule has 0 fully saturated rings. The number of hydrogen-bond donors (Lipinski definition) is 1. The molecule has 0 saturated carbocycles. The maximum atomic E-state index is 8.94. The van der Waals surface area contributed by atoms with Gasteiger partial charge in [0.05, 0.1) is 13.7 Å². The topological polar surface area (TPSA) is 47.9 Å². The molecule has 0 heterocycles. The van der Waals surface area contributed by atoms with Gasteiger partial charge in [0.1, 0.15) is 30.5 Å². The van der Waals surface area contributed by atoms with E-state index in [1.807, 2.05) is 48.5 Å². The lowest BCUT2D eigenvalue weighted by atomic mass is 10.2. The summed E-state index contributed by atoms with van der Waals surface area (Å²) in [5.41, 5.74) is 0.867. The van der Waals surface area contributed by atoms with E-state index >= 15 is 0 Å². The molecule has 0 spiro atoms. The molecule has 2 aromatic rings. The van der Waals surface area contributed by atoms with E-state index in [0.29, 0.717) is 13.2 Å². The Balaban J connectivity index is 1.72. The van der Waals surface area contributed by atoms with Gasteiger partial charge in [-0.2, -0.15) is 0 Å². The molecule has 106 valence electrons. The summed E-state index contributed by atoms with van der Waals surface area (Å²) in [5, 5.41) is 8.94. The molecular weight excluding hydrogens is 256 g/mol. The van der Waals surface area contributed by atoms with Crippen LogP contribution < -0.4 is 14.2 Å². The smallest absolute Gasteiger partial charge is 0.122 e. The van der Waals surface area contributed by atoms with Crippen LogP contribution in [0.4, 0.5) is 0 Å². The van der Waals surface area contributed by atoms with E-state index in [9.17, 15) is 0 Å². The fraction of sp³-hybridized carbons (Fsp3) is 0.250. The first kappa shape index (κ1) is 14.2. The average molecular weight is 274 g/mol. The molecule has 0 saturated heterocycles. The summed E-state index contributed by atoms with van der Waals surface area (Å²) in [6, 6.07) is 14.7. The molecule has 0 aliphatic rings. The molecular formula is C16H18O4. The first-order valence-electron chi connectivity index (χ1n) is 6.41. The van der Waals surface area contributed by atoms with Crippen molar-refractivity contribution in [3.8, 4) is 17.2 Å². The molecule has 20 heavy (non-hydrogen) atoms. The molecule has 0 radical (unpaired) electrons. The van der Waals surface area contributed by atoms with Crippen molar-refractivity contribution < 1.29 is 19.3 Å². The Kier molecular flexibility index (Phi) is 5.26. The fourth-order valence-corrected chi connectivity index (χ4v) is 1.68. The van der Waals surface area contributed by atoms with Crippen LogP contribution in [-0.2, 0) is 6.61 Å². The zero-order chi connectivity index (χ0) is 14.2. The van der Waals surface area contributed by atoms with Crippen molar-refractivity contribution in [3.63, 3.8) is 0 Å². The van der Waals surface area contributed by atoms with Gasteiger partial charge in [0, 0.05) is 0 Å². The second-order valence-electron chi connectivity index (χ2n) is 4.17. The van der Waals surface area contributed by atoms with E-state index in [1.54, 1.807) is 7.11 Å². The van der Waals surface area contributed by atoms with Crippen LogP contribution in [-0.4, -0.2) is 25.4 Å². The lowest BCUT2D eigenvalue weighted by Gasteiger charge is -2.09. The minimum atomic E-state index is 0.0425. The van der Waals surface area contributed by atoms with E-state index in [2.05, 4.69) is 0 Å². The zero-order valence-electron chi connectivity index (χ0n) is 11.4. The highest BCUT2D eigenvalue weighted by Crippen LogP contribution is 2.17. The highest BCUT2D eigenvalue weighted by atomic mass is 16.5. The van der Waals surface area contributed by atoms with Crippen LogP contribution in [0.25, 0.3) is 0 Å². The third kappa shape index (κ3) is 4.17. The van der Waals surface area contributed by atoms with Crippen LogP contribution >= 0.6 is 0 Å². The Labute approximate surface area is 118 Å². The predicted octanol–water partition coefficient (Wildman–Crippen LogP) is 2.65. The summed E-state index contributed by atoms with van der Waals surface area (Å²) >= 11 is 0. The SMILES string of the molecule is COc1ccc(OCCOc2ccc(CO)cc2)cc1. The van der Waals surface area contributed by atoms with Gasteiger partial charge < -0.3 is 19.3 Å². The Bertz CT molecular complexity index is 456. The summed E-state index contributed by atoms with van der Waals surface area (Å²) in [6.45, 7) is 0.972. The highest BCUT2D eigenvalue weighted by Gasteiger charge is 1.97. The highest BCUT2D eigenvalue weighted by molar-refractivity contribution is 5.31. The summed E-state index contributed by atoms with van der Waals surface area (Å²) in [6.07, 6.45) is 0. The summed E-state index contributed by atoms with van der Waals surface area (Å²) in [7, 11) is 1.63. The van der Waals surface area contributed by atoms with Gasteiger partial charge in [0.2, 0.25) is 0 Å². The average Bonchev–Trinajstić information content (AvgIpc) is 2.53.